The lowest BCUT2D eigenvalue weighted by molar-refractivity contribution is 0.473. The Morgan fingerprint density at radius 3 is 2.24 bits per heavy atom. The molecule has 0 amide bonds. The molecule has 2 N–H and O–H groups in total. The number of phenolic OH excluding ortho intramolecular Hbond substituents is 1. The molecular weight excluding hydrogens is 302 g/mol. The van der Waals surface area contributed by atoms with Crippen LogP contribution >= 0.6 is 23.4 Å². The smallest absolute Gasteiger partial charge is 0.115 e. The molecule has 4 heteroatoms. The van der Waals surface area contributed by atoms with Gasteiger partial charge in [-0.2, -0.15) is 11.8 Å². The van der Waals surface area contributed by atoms with Gasteiger partial charge in [0.2, 0.25) is 0 Å². The molecule has 3 rings (SSSR count). The standard InChI is InChI=1S/C17H18ClNOS/c18-14-5-1-12(2-6-14)17(19-15-9-10-21-11-15)13-3-7-16(20)8-4-13/h1-8,15,17,19-20H,9-11H2. The van der Waals surface area contributed by atoms with Crippen LogP contribution in [0.3, 0.4) is 0 Å². The zero-order valence-electron chi connectivity index (χ0n) is 11.6. The Kier molecular flexibility index (Phi) is 4.73. The molecule has 1 heterocycles. The highest BCUT2D eigenvalue weighted by Crippen LogP contribution is 2.28. The molecule has 0 spiro atoms. The maximum absolute atomic E-state index is 9.49. The molecule has 0 bridgehead atoms. The van der Waals surface area contributed by atoms with Gasteiger partial charge in [0, 0.05) is 16.8 Å². The van der Waals surface area contributed by atoms with Gasteiger partial charge in [0.1, 0.15) is 5.75 Å². The highest BCUT2D eigenvalue weighted by atomic mass is 35.5. The largest absolute Gasteiger partial charge is 0.508 e. The predicted octanol–water partition coefficient (Wildman–Crippen LogP) is 4.23. The molecule has 2 nitrogen and oxygen atoms in total. The fraction of sp³-hybridized carbons (Fsp3) is 0.294. The summed E-state index contributed by atoms with van der Waals surface area (Å²) in [5, 5.41) is 14.0. The first-order valence-electron chi connectivity index (χ1n) is 7.10. The van der Waals surface area contributed by atoms with Crippen LogP contribution in [0.4, 0.5) is 0 Å². The fourth-order valence-electron chi connectivity index (χ4n) is 2.61. The Balaban J connectivity index is 1.89. The van der Waals surface area contributed by atoms with Crippen molar-refractivity contribution in [1.82, 2.24) is 5.32 Å². The summed E-state index contributed by atoms with van der Waals surface area (Å²) < 4.78 is 0. The van der Waals surface area contributed by atoms with Gasteiger partial charge in [-0.05, 0) is 47.6 Å². The van der Waals surface area contributed by atoms with Crippen LogP contribution < -0.4 is 5.32 Å². The van der Waals surface area contributed by atoms with Crippen molar-refractivity contribution in [2.75, 3.05) is 11.5 Å². The summed E-state index contributed by atoms with van der Waals surface area (Å²) >= 11 is 7.99. The van der Waals surface area contributed by atoms with Crippen molar-refractivity contribution in [3.05, 3.63) is 64.7 Å². The van der Waals surface area contributed by atoms with E-state index in [2.05, 4.69) is 17.4 Å². The molecular formula is C17H18ClNOS. The second-order valence-corrected chi connectivity index (χ2v) is 6.89. The minimum absolute atomic E-state index is 0.131. The third kappa shape index (κ3) is 3.73. The van der Waals surface area contributed by atoms with Crippen LogP contribution in [-0.2, 0) is 0 Å². The van der Waals surface area contributed by atoms with Gasteiger partial charge in [-0.3, -0.25) is 0 Å². The van der Waals surface area contributed by atoms with Gasteiger partial charge >= 0.3 is 0 Å². The van der Waals surface area contributed by atoms with Gasteiger partial charge in [-0.15, -0.1) is 0 Å². The van der Waals surface area contributed by atoms with Crippen molar-refractivity contribution in [1.29, 1.82) is 0 Å². The second-order valence-electron chi connectivity index (χ2n) is 5.30. The van der Waals surface area contributed by atoms with Crippen LogP contribution in [0.1, 0.15) is 23.6 Å². The first kappa shape index (κ1) is 14.8. The van der Waals surface area contributed by atoms with Gasteiger partial charge in [-0.1, -0.05) is 35.9 Å². The number of hydrogen-bond acceptors (Lipinski definition) is 3. The Hall–Kier alpha value is -1.16. The molecule has 2 aromatic rings. The lowest BCUT2D eigenvalue weighted by Crippen LogP contribution is -2.33. The van der Waals surface area contributed by atoms with E-state index in [-0.39, 0.29) is 6.04 Å². The van der Waals surface area contributed by atoms with Gasteiger partial charge in [0.25, 0.3) is 0 Å². The highest BCUT2D eigenvalue weighted by Gasteiger charge is 2.21. The van der Waals surface area contributed by atoms with Crippen molar-refractivity contribution >= 4 is 23.4 Å². The summed E-state index contributed by atoms with van der Waals surface area (Å²) in [6, 6.07) is 16.1. The van der Waals surface area contributed by atoms with Crippen LogP contribution in [0.5, 0.6) is 5.75 Å². The number of benzene rings is 2. The van der Waals surface area contributed by atoms with E-state index >= 15 is 0 Å². The normalized spacial score (nSPS) is 19.6. The molecule has 0 aliphatic carbocycles. The van der Waals surface area contributed by atoms with Crippen LogP contribution in [0.25, 0.3) is 0 Å². The van der Waals surface area contributed by atoms with Crippen molar-refractivity contribution < 1.29 is 5.11 Å². The minimum Gasteiger partial charge on any atom is -0.508 e. The Bertz CT molecular complexity index is 533. The maximum Gasteiger partial charge on any atom is 0.115 e. The number of rotatable bonds is 4. The van der Waals surface area contributed by atoms with E-state index in [9.17, 15) is 5.11 Å². The van der Waals surface area contributed by atoms with Gasteiger partial charge < -0.3 is 10.4 Å². The fourth-order valence-corrected chi connectivity index (χ4v) is 3.90. The molecule has 0 radical (unpaired) electrons. The zero-order valence-corrected chi connectivity index (χ0v) is 13.2. The van der Waals surface area contributed by atoms with Crippen molar-refractivity contribution in [2.45, 2.75) is 18.5 Å². The zero-order chi connectivity index (χ0) is 14.7. The molecule has 21 heavy (non-hydrogen) atoms. The summed E-state index contributed by atoms with van der Waals surface area (Å²) in [4.78, 5) is 0. The summed E-state index contributed by atoms with van der Waals surface area (Å²) in [6.07, 6.45) is 1.20. The van der Waals surface area contributed by atoms with E-state index in [0.717, 1.165) is 16.3 Å². The van der Waals surface area contributed by atoms with Crippen LogP contribution in [0, 0.1) is 0 Å². The minimum atomic E-state index is 0.131. The Morgan fingerprint density at radius 2 is 1.67 bits per heavy atom. The molecule has 2 atom stereocenters. The summed E-state index contributed by atoms with van der Waals surface area (Å²) in [5.41, 5.74) is 2.36. The molecule has 0 aromatic heterocycles. The summed E-state index contributed by atoms with van der Waals surface area (Å²) in [5.74, 6) is 2.67. The van der Waals surface area contributed by atoms with Gasteiger partial charge in [0.05, 0.1) is 6.04 Å². The first-order valence-corrected chi connectivity index (χ1v) is 8.64. The molecule has 1 aliphatic heterocycles. The molecule has 110 valence electrons. The molecule has 2 aromatic carbocycles. The SMILES string of the molecule is Oc1ccc(C(NC2CCSC2)c2ccc(Cl)cc2)cc1. The van der Waals surface area contributed by atoms with Gasteiger partial charge in [0.15, 0.2) is 0 Å². The topological polar surface area (TPSA) is 32.3 Å². The highest BCUT2D eigenvalue weighted by molar-refractivity contribution is 7.99. The van der Waals surface area contributed by atoms with E-state index in [0.29, 0.717) is 11.8 Å². The quantitative estimate of drug-likeness (QED) is 0.884. The Morgan fingerprint density at radius 1 is 1.05 bits per heavy atom. The number of aromatic hydroxyl groups is 1. The lowest BCUT2D eigenvalue weighted by atomic mass is 9.97. The molecule has 1 fully saturated rings. The third-order valence-electron chi connectivity index (χ3n) is 3.76. The van der Waals surface area contributed by atoms with Crippen LogP contribution in [-0.4, -0.2) is 22.7 Å². The molecule has 1 saturated heterocycles. The van der Waals surface area contributed by atoms with E-state index in [1.165, 1.54) is 17.7 Å². The summed E-state index contributed by atoms with van der Waals surface area (Å²) in [6.45, 7) is 0. The number of hydrogen-bond donors (Lipinski definition) is 2. The van der Waals surface area contributed by atoms with E-state index < -0.39 is 0 Å². The average Bonchev–Trinajstić information content (AvgIpc) is 3.00. The number of halogens is 1. The predicted molar refractivity (Wildman–Crippen MR) is 90.3 cm³/mol. The number of nitrogens with one attached hydrogen (secondary N) is 1. The summed E-state index contributed by atoms with van der Waals surface area (Å²) in [7, 11) is 0. The van der Waals surface area contributed by atoms with Crippen LogP contribution in [0.15, 0.2) is 48.5 Å². The van der Waals surface area contributed by atoms with Crippen molar-refractivity contribution in [3.63, 3.8) is 0 Å². The van der Waals surface area contributed by atoms with E-state index in [1.807, 2.05) is 36.0 Å². The molecule has 2 unspecified atom stereocenters. The Labute approximate surface area is 134 Å². The third-order valence-corrected chi connectivity index (χ3v) is 5.18. The van der Waals surface area contributed by atoms with E-state index in [4.69, 9.17) is 11.6 Å². The number of thioether (sulfide) groups is 1. The van der Waals surface area contributed by atoms with Crippen LogP contribution in [0.2, 0.25) is 5.02 Å². The monoisotopic (exact) mass is 319 g/mol. The first-order chi connectivity index (χ1) is 10.2. The second kappa shape index (κ2) is 6.73. The average molecular weight is 320 g/mol. The van der Waals surface area contributed by atoms with Crippen molar-refractivity contribution in [3.8, 4) is 5.75 Å². The maximum atomic E-state index is 9.49. The number of phenols is 1. The molecule has 0 saturated carbocycles. The lowest BCUT2D eigenvalue weighted by Gasteiger charge is -2.24. The van der Waals surface area contributed by atoms with E-state index in [1.54, 1.807) is 12.1 Å². The van der Waals surface area contributed by atoms with Gasteiger partial charge in [-0.25, -0.2) is 0 Å². The molecule has 1 aliphatic rings. The van der Waals surface area contributed by atoms with Crippen molar-refractivity contribution in [2.24, 2.45) is 0 Å².